The number of halogens is 1. The van der Waals surface area contributed by atoms with Crippen molar-refractivity contribution in [1.29, 1.82) is 0 Å². The van der Waals surface area contributed by atoms with Crippen LogP contribution < -0.4 is 15.4 Å². The van der Waals surface area contributed by atoms with Crippen LogP contribution in [0.1, 0.15) is 30.0 Å². The predicted octanol–water partition coefficient (Wildman–Crippen LogP) is 2.71. The maximum Gasteiger partial charge on any atom is 0.240 e. The van der Waals surface area contributed by atoms with Gasteiger partial charge in [0.2, 0.25) is 10.0 Å². The molecule has 1 heterocycles. The Labute approximate surface area is 202 Å². The number of benzene rings is 2. The quantitative estimate of drug-likeness (QED) is 0.264. The van der Waals surface area contributed by atoms with Gasteiger partial charge in [0.25, 0.3) is 0 Å². The highest BCUT2D eigenvalue weighted by Crippen LogP contribution is 2.24. The van der Waals surface area contributed by atoms with Crippen LogP contribution in [0.25, 0.3) is 0 Å². The number of guanidine groups is 1. The number of hydrogen-bond acceptors (Lipinski definition) is 4. The van der Waals surface area contributed by atoms with E-state index >= 15 is 0 Å². The Balaban J connectivity index is 0.00000341. The van der Waals surface area contributed by atoms with E-state index in [1.165, 1.54) is 25.5 Å². The first-order valence-corrected chi connectivity index (χ1v) is 11.8. The zero-order valence-corrected chi connectivity index (χ0v) is 21.2. The number of nitrogens with zero attached hydrogens (tertiary/aromatic N) is 2. The van der Waals surface area contributed by atoms with Crippen LogP contribution in [0.2, 0.25) is 0 Å². The van der Waals surface area contributed by atoms with E-state index in [4.69, 9.17) is 0 Å². The first-order chi connectivity index (χ1) is 14.5. The second-order valence-electron chi connectivity index (χ2n) is 7.33. The Bertz CT molecular complexity index is 930. The van der Waals surface area contributed by atoms with Crippen LogP contribution in [-0.2, 0) is 16.6 Å². The largest absolute Gasteiger partial charge is 0.354 e. The topological polar surface area (TPSA) is 85.8 Å². The number of aliphatic imine (C=N–C) groups is 1. The maximum absolute atomic E-state index is 11.8. The first kappa shape index (κ1) is 25.6. The number of sulfonamides is 1. The van der Waals surface area contributed by atoms with Gasteiger partial charge >= 0.3 is 0 Å². The van der Waals surface area contributed by atoms with Crippen molar-refractivity contribution < 1.29 is 8.42 Å². The average Bonchev–Trinajstić information content (AvgIpc) is 3.31. The fourth-order valence-electron chi connectivity index (χ4n) is 3.69. The molecule has 170 valence electrons. The molecule has 0 aromatic heterocycles. The van der Waals surface area contributed by atoms with Gasteiger partial charge in [0.1, 0.15) is 0 Å². The molecule has 9 heteroatoms. The average molecular weight is 558 g/mol. The highest BCUT2D eigenvalue weighted by atomic mass is 127. The lowest BCUT2D eigenvalue weighted by Gasteiger charge is -2.29. The van der Waals surface area contributed by atoms with Gasteiger partial charge in [0.05, 0.1) is 10.9 Å². The van der Waals surface area contributed by atoms with Gasteiger partial charge in [0.15, 0.2) is 5.96 Å². The summed E-state index contributed by atoms with van der Waals surface area (Å²) in [5.74, 6) is 0.724. The summed E-state index contributed by atoms with van der Waals surface area (Å²) in [5, 5.41) is 6.76. The van der Waals surface area contributed by atoms with Crippen LogP contribution in [0.4, 0.5) is 0 Å². The molecule has 0 amide bonds. The van der Waals surface area contributed by atoms with Crippen LogP contribution in [0.15, 0.2) is 64.5 Å². The summed E-state index contributed by atoms with van der Waals surface area (Å²) in [6.45, 7) is 3.56. The van der Waals surface area contributed by atoms with E-state index in [1.54, 1.807) is 19.2 Å². The van der Waals surface area contributed by atoms with E-state index in [0.29, 0.717) is 12.6 Å². The van der Waals surface area contributed by atoms with Crippen LogP contribution in [-0.4, -0.2) is 53.0 Å². The van der Waals surface area contributed by atoms with Crippen molar-refractivity contribution in [2.45, 2.75) is 30.3 Å². The van der Waals surface area contributed by atoms with E-state index in [-0.39, 0.29) is 28.9 Å². The van der Waals surface area contributed by atoms with E-state index in [2.05, 4.69) is 49.5 Å². The lowest BCUT2D eigenvalue weighted by atomic mass is 10.1. The summed E-state index contributed by atoms with van der Waals surface area (Å²) in [7, 11) is -0.251. The van der Waals surface area contributed by atoms with Crippen LogP contribution in [0.3, 0.4) is 0 Å². The number of hydrogen-bond donors (Lipinski definition) is 3. The summed E-state index contributed by atoms with van der Waals surface area (Å²) in [6, 6.07) is 17.7. The van der Waals surface area contributed by atoms with Crippen molar-refractivity contribution in [3.63, 3.8) is 0 Å². The Morgan fingerprint density at radius 1 is 1.03 bits per heavy atom. The molecule has 3 N–H and O–H groups in total. The van der Waals surface area contributed by atoms with E-state index in [1.807, 2.05) is 18.2 Å². The summed E-state index contributed by atoms with van der Waals surface area (Å²) in [4.78, 5) is 7.12. The van der Waals surface area contributed by atoms with Gasteiger partial charge in [-0.25, -0.2) is 13.1 Å². The molecular formula is C22H32IN5O2S. The van der Waals surface area contributed by atoms with Gasteiger partial charge in [0, 0.05) is 20.1 Å². The van der Waals surface area contributed by atoms with Gasteiger partial charge in [-0.3, -0.25) is 9.89 Å². The summed E-state index contributed by atoms with van der Waals surface area (Å²) in [6.07, 6.45) is 2.49. The fraction of sp³-hybridized carbons (Fsp3) is 0.409. The van der Waals surface area contributed by atoms with Crippen molar-refractivity contribution in [2.75, 3.05) is 33.7 Å². The van der Waals surface area contributed by atoms with Crippen molar-refractivity contribution >= 4 is 40.0 Å². The second-order valence-corrected chi connectivity index (χ2v) is 9.21. The minimum atomic E-state index is -3.41. The Morgan fingerprint density at radius 3 is 2.26 bits per heavy atom. The molecule has 1 atom stereocenters. The van der Waals surface area contributed by atoms with Gasteiger partial charge in [-0.05, 0) is 56.2 Å². The molecule has 3 rings (SSSR count). The third kappa shape index (κ3) is 7.16. The SMILES string of the molecule is CN=C(NCc1ccc(S(=O)(=O)NC)cc1)NCC(c1ccccc1)N1CCCC1.I. The standard InChI is InChI=1S/C22H31N5O2S.HI/c1-23-22(25-16-18-10-12-20(13-11-18)30(28,29)24-2)26-17-21(27-14-6-7-15-27)19-8-4-3-5-9-19;/h3-5,8-13,21,24H,6-7,14-17H2,1-2H3,(H2,23,25,26);1H. The van der Waals surface area contributed by atoms with E-state index in [9.17, 15) is 8.42 Å². The molecule has 0 radical (unpaired) electrons. The van der Waals surface area contributed by atoms with Crippen LogP contribution in [0, 0.1) is 0 Å². The summed E-state index contributed by atoms with van der Waals surface area (Å²) >= 11 is 0. The molecule has 0 aliphatic carbocycles. The molecule has 0 saturated carbocycles. The molecule has 2 aromatic carbocycles. The molecule has 7 nitrogen and oxygen atoms in total. The summed E-state index contributed by atoms with van der Waals surface area (Å²) in [5.41, 5.74) is 2.29. The normalized spacial score (nSPS) is 15.9. The number of rotatable bonds is 8. The number of likely N-dealkylation sites (tertiary alicyclic amines) is 1. The van der Waals surface area contributed by atoms with Crippen molar-refractivity contribution in [3.8, 4) is 0 Å². The Morgan fingerprint density at radius 2 is 1.68 bits per heavy atom. The molecule has 31 heavy (non-hydrogen) atoms. The highest BCUT2D eigenvalue weighted by Gasteiger charge is 2.23. The highest BCUT2D eigenvalue weighted by molar-refractivity contribution is 14.0. The zero-order valence-electron chi connectivity index (χ0n) is 18.0. The monoisotopic (exact) mass is 557 g/mol. The van der Waals surface area contributed by atoms with Crippen LogP contribution >= 0.6 is 24.0 Å². The molecule has 1 fully saturated rings. The molecule has 2 aromatic rings. The molecule has 1 saturated heterocycles. The third-order valence-corrected chi connectivity index (χ3v) is 6.84. The van der Waals surface area contributed by atoms with Gasteiger partial charge in [-0.2, -0.15) is 0 Å². The molecule has 0 spiro atoms. The summed E-state index contributed by atoms with van der Waals surface area (Å²) < 4.78 is 26.0. The molecule has 1 aliphatic rings. The third-order valence-electron chi connectivity index (χ3n) is 5.41. The molecule has 0 bridgehead atoms. The lowest BCUT2D eigenvalue weighted by molar-refractivity contribution is 0.245. The van der Waals surface area contributed by atoms with Crippen molar-refractivity contribution in [3.05, 3.63) is 65.7 Å². The first-order valence-electron chi connectivity index (χ1n) is 10.3. The second kappa shape index (κ2) is 12.4. The minimum absolute atomic E-state index is 0. The Kier molecular flexibility index (Phi) is 10.2. The zero-order chi connectivity index (χ0) is 21.4. The van der Waals surface area contributed by atoms with E-state index in [0.717, 1.165) is 31.2 Å². The molecule has 1 aliphatic heterocycles. The van der Waals surface area contributed by atoms with Crippen molar-refractivity contribution in [1.82, 2.24) is 20.3 Å². The van der Waals surface area contributed by atoms with Crippen molar-refractivity contribution in [2.24, 2.45) is 4.99 Å². The van der Waals surface area contributed by atoms with Gasteiger partial charge in [-0.1, -0.05) is 42.5 Å². The molecular weight excluding hydrogens is 525 g/mol. The van der Waals surface area contributed by atoms with Gasteiger partial charge in [-0.15, -0.1) is 24.0 Å². The van der Waals surface area contributed by atoms with E-state index < -0.39 is 10.0 Å². The smallest absolute Gasteiger partial charge is 0.240 e. The fourth-order valence-corrected chi connectivity index (χ4v) is 4.42. The Hall–Kier alpha value is -1.69. The minimum Gasteiger partial charge on any atom is -0.354 e. The van der Waals surface area contributed by atoms with Crippen LogP contribution in [0.5, 0.6) is 0 Å². The molecule has 1 unspecified atom stereocenters. The number of nitrogens with one attached hydrogen (secondary N) is 3. The lowest BCUT2D eigenvalue weighted by Crippen LogP contribution is -2.42. The maximum atomic E-state index is 11.8. The predicted molar refractivity (Wildman–Crippen MR) is 136 cm³/mol. The van der Waals surface area contributed by atoms with Gasteiger partial charge < -0.3 is 10.6 Å².